The number of fused-ring (bicyclic) bond motifs is 1. The molecular formula is C27H28N2O. The SMILES string of the molecule is O=C1Nc2ccccc2C1(CCN1CCC(c2ccccc2)CC1)c1ccccc1. The van der Waals surface area contributed by atoms with E-state index in [0.29, 0.717) is 5.92 Å². The topological polar surface area (TPSA) is 32.3 Å². The Kier molecular flexibility index (Phi) is 5.14. The lowest BCUT2D eigenvalue weighted by Crippen LogP contribution is -2.41. The van der Waals surface area contributed by atoms with Crippen LogP contribution < -0.4 is 5.32 Å². The molecule has 0 radical (unpaired) electrons. The van der Waals surface area contributed by atoms with Gasteiger partial charge in [0.2, 0.25) is 5.91 Å². The van der Waals surface area contributed by atoms with Gasteiger partial charge in [0, 0.05) is 5.69 Å². The number of piperidine rings is 1. The van der Waals surface area contributed by atoms with Gasteiger partial charge in [0.05, 0.1) is 0 Å². The van der Waals surface area contributed by atoms with Crippen molar-refractivity contribution in [3.63, 3.8) is 0 Å². The number of nitrogens with zero attached hydrogens (tertiary/aromatic N) is 1. The number of anilines is 1. The molecule has 1 N–H and O–H groups in total. The second kappa shape index (κ2) is 8.08. The van der Waals surface area contributed by atoms with Gasteiger partial charge >= 0.3 is 0 Å². The van der Waals surface area contributed by atoms with Gasteiger partial charge in [-0.15, -0.1) is 0 Å². The van der Waals surface area contributed by atoms with E-state index >= 15 is 0 Å². The quantitative estimate of drug-likeness (QED) is 0.643. The fourth-order valence-electron chi connectivity index (χ4n) is 5.26. The molecule has 0 saturated carbocycles. The highest BCUT2D eigenvalue weighted by Crippen LogP contribution is 2.45. The van der Waals surface area contributed by atoms with Gasteiger partial charge in [-0.3, -0.25) is 4.79 Å². The van der Waals surface area contributed by atoms with Crippen molar-refractivity contribution < 1.29 is 4.79 Å². The maximum Gasteiger partial charge on any atom is 0.239 e. The lowest BCUT2D eigenvalue weighted by molar-refractivity contribution is -0.119. The predicted octanol–water partition coefficient (Wildman–Crippen LogP) is 5.19. The minimum Gasteiger partial charge on any atom is -0.325 e. The molecule has 3 nitrogen and oxygen atoms in total. The van der Waals surface area contributed by atoms with Crippen LogP contribution in [0.3, 0.4) is 0 Å². The molecule has 1 fully saturated rings. The number of carbonyl (C=O) groups excluding carboxylic acids is 1. The van der Waals surface area contributed by atoms with Gasteiger partial charge in [-0.2, -0.15) is 0 Å². The summed E-state index contributed by atoms with van der Waals surface area (Å²) in [5, 5.41) is 3.15. The predicted molar refractivity (Wildman–Crippen MR) is 122 cm³/mol. The minimum atomic E-state index is -0.603. The average Bonchev–Trinajstić information content (AvgIpc) is 3.11. The first kappa shape index (κ1) is 19.1. The molecule has 1 atom stereocenters. The van der Waals surface area contributed by atoms with Gasteiger partial charge in [0.1, 0.15) is 5.41 Å². The Morgan fingerprint density at radius 3 is 2.20 bits per heavy atom. The van der Waals surface area contributed by atoms with E-state index in [-0.39, 0.29) is 5.91 Å². The molecule has 2 heterocycles. The zero-order chi connectivity index (χ0) is 20.4. The summed E-state index contributed by atoms with van der Waals surface area (Å²) >= 11 is 0. The van der Waals surface area contributed by atoms with E-state index < -0.39 is 5.41 Å². The Bertz CT molecular complexity index is 1010. The van der Waals surface area contributed by atoms with Crippen LogP contribution in [0.1, 0.15) is 41.9 Å². The molecule has 152 valence electrons. The van der Waals surface area contributed by atoms with Gasteiger partial charge in [-0.25, -0.2) is 0 Å². The number of amides is 1. The third-order valence-corrected chi connectivity index (χ3v) is 6.95. The molecule has 3 heteroatoms. The summed E-state index contributed by atoms with van der Waals surface area (Å²) in [6.07, 6.45) is 3.17. The van der Waals surface area contributed by atoms with Crippen LogP contribution in [0.4, 0.5) is 5.69 Å². The number of hydrogen-bond acceptors (Lipinski definition) is 2. The smallest absolute Gasteiger partial charge is 0.239 e. The second-order valence-corrected chi connectivity index (χ2v) is 8.55. The highest BCUT2D eigenvalue weighted by atomic mass is 16.2. The molecule has 1 amide bonds. The van der Waals surface area contributed by atoms with Crippen molar-refractivity contribution in [2.45, 2.75) is 30.6 Å². The van der Waals surface area contributed by atoms with Crippen molar-refractivity contribution >= 4 is 11.6 Å². The summed E-state index contributed by atoms with van der Waals surface area (Å²) in [4.78, 5) is 15.9. The summed E-state index contributed by atoms with van der Waals surface area (Å²) in [5.41, 5.74) is 4.01. The minimum absolute atomic E-state index is 0.106. The van der Waals surface area contributed by atoms with Crippen molar-refractivity contribution in [2.75, 3.05) is 25.0 Å². The lowest BCUT2D eigenvalue weighted by Gasteiger charge is -2.35. The monoisotopic (exact) mass is 396 g/mol. The normalized spacial score (nSPS) is 21.9. The van der Waals surface area contributed by atoms with E-state index in [1.54, 1.807) is 0 Å². The summed E-state index contributed by atoms with van der Waals surface area (Å²) in [5.74, 6) is 0.759. The number of hydrogen-bond donors (Lipinski definition) is 1. The Morgan fingerprint density at radius 2 is 1.47 bits per heavy atom. The second-order valence-electron chi connectivity index (χ2n) is 8.55. The van der Waals surface area contributed by atoms with E-state index in [2.05, 4.69) is 58.7 Å². The van der Waals surface area contributed by atoms with Crippen molar-refractivity contribution in [2.24, 2.45) is 0 Å². The fourth-order valence-corrected chi connectivity index (χ4v) is 5.26. The van der Waals surface area contributed by atoms with Crippen LogP contribution >= 0.6 is 0 Å². The highest BCUT2D eigenvalue weighted by Gasteiger charge is 2.47. The van der Waals surface area contributed by atoms with Crippen LogP contribution in [0.25, 0.3) is 0 Å². The molecule has 5 rings (SSSR count). The molecule has 0 spiro atoms. The number of rotatable bonds is 5. The van der Waals surface area contributed by atoms with Crippen molar-refractivity contribution in [1.82, 2.24) is 4.90 Å². The third-order valence-electron chi connectivity index (χ3n) is 6.95. The maximum absolute atomic E-state index is 13.3. The molecule has 0 aromatic heterocycles. The number of carbonyl (C=O) groups is 1. The Hall–Kier alpha value is -2.91. The van der Waals surface area contributed by atoms with Crippen LogP contribution in [0.2, 0.25) is 0 Å². The summed E-state index contributed by atoms with van der Waals surface area (Å²) in [6, 6.07) is 29.3. The zero-order valence-corrected chi connectivity index (χ0v) is 17.3. The molecular weight excluding hydrogens is 368 g/mol. The summed E-state index contributed by atoms with van der Waals surface area (Å²) in [7, 11) is 0. The van der Waals surface area contributed by atoms with Gasteiger partial charge < -0.3 is 10.2 Å². The van der Waals surface area contributed by atoms with E-state index in [4.69, 9.17) is 0 Å². The molecule has 30 heavy (non-hydrogen) atoms. The van der Waals surface area contributed by atoms with Crippen LogP contribution in [0.15, 0.2) is 84.9 Å². The molecule has 1 unspecified atom stereocenters. The van der Waals surface area contributed by atoms with Crippen LogP contribution in [0, 0.1) is 0 Å². The lowest BCUT2D eigenvalue weighted by atomic mass is 9.72. The molecule has 2 aliphatic rings. The first-order valence-corrected chi connectivity index (χ1v) is 11.0. The molecule has 3 aromatic carbocycles. The third kappa shape index (κ3) is 3.33. The zero-order valence-electron chi connectivity index (χ0n) is 17.3. The fraction of sp³-hybridized carbons (Fsp3) is 0.296. The van der Waals surface area contributed by atoms with E-state index in [0.717, 1.165) is 42.9 Å². The van der Waals surface area contributed by atoms with E-state index in [1.807, 2.05) is 36.4 Å². The molecule has 0 aliphatic carbocycles. The van der Waals surface area contributed by atoms with E-state index in [9.17, 15) is 4.79 Å². The van der Waals surface area contributed by atoms with Gasteiger partial charge in [-0.1, -0.05) is 78.9 Å². The Labute approximate surface area is 178 Å². The molecule has 0 bridgehead atoms. The Balaban J connectivity index is 1.35. The molecule has 3 aromatic rings. The summed E-state index contributed by atoms with van der Waals surface area (Å²) < 4.78 is 0. The largest absolute Gasteiger partial charge is 0.325 e. The van der Waals surface area contributed by atoms with Crippen LogP contribution in [-0.2, 0) is 10.2 Å². The molecule has 2 aliphatic heterocycles. The maximum atomic E-state index is 13.3. The van der Waals surface area contributed by atoms with Gasteiger partial charge in [-0.05, 0) is 67.6 Å². The van der Waals surface area contributed by atoms with Gasteiger partial charge in [0.15, 0.2) is 0 Å². The van der Waals surface area contributed by atoms with Crippen molar-refractivity contribution in [1.29, 1.82) is 0 Å². The molecule has 1 saturated heterocycles. The highest BCUT2D eigenvalue weighted by molar-refractivity contribution is 6.08. The van der Waals surface area contributed by atoms with Gasteiger partial charge in [0.25, 0.3) is 0 Å². The Morgan fingerprint density at radius 1 is 0.833 bits per heavy atom. The number of likely N-dealkylation sites (tertiary alicyclic amines) is 1. The number of benzene rings is 3. The standard InChI is InChI=1S/C27H28N2O/c30-26-27(23-11-5-2-6-12-23,24-13-7-8-14-25(24)28-26)17-20-29-18-15-22(16-19-29)21-9-3-1-4-10-21/h1-14,22H,15-20H2,(H,28,30). The van der Waals surface area contributed by atoms with Crippen LogP contribution in [-0.4, -0.2) is 30.4 Å². The average molecular weight is 397 g/mol. The number of nitrogens with one attached hydrogen (secondary N) is 1. The summed E-state index contributed by atoms with van der Waals surface area (Å²) in [6.45, 7) is 3.11. The first-order valence-electron chi connectivity index (χ1n) is 11.0. The number of para-hydroxylation sites is 1. The van der Waals surface area contributed by atoms with Crippen LogP contribution in [0.5, 0.6) is 0 Å². The van der Waals surface area contributed by atoms with E-state index in [1.165, 1.54) is 18.4 Å². The van der Waals surface area contributed by atoms with Crippen molar-refractivity contribution in [3.05, 3.63) is 102 Å². The first-order chi connectivity index (χ1) is 14.8. The van der Waals surface area contributed by atoms with Crippen molar-refractivity contribution in [3.8, 4) is 0 Å².